The zero-order chi connectivity index (χ0) is 45.9. The molecule has 13 nitrogen and oxygen atoms in total. The van der Waals surface area contributed by atoms with Crippen LogP contribution in [0.25, 0.3) is 0 Å². The molecule has 348 valence electrons. The Morgan fingerprint density at radius 1 is 0.839 bits per heavy atom. The summed E-state index contributed by atoms with van der Waals surface area (Å²) in [6, 6.07) is -1.14. The number of aliphatic hydroxyl groups is 4. The molecule has 1 amide bonds. The van der Waals surface area contributed by atoms with Gasteiger partial charge in [-0.15, -0.1) is 0 Å². The molecule has 14 atom stereocenters. The average molecular weight is 870 g/mol. The minimum Gasteiger partial charge on any atom is -0.460 e. The number of Topliss-reactive ketones (excluding diaryl/α,β-unsaturated/α-hetero) is 3. The number of rotatable bonds is 4. The molecule has 0 spiro atoms. The third-order valence-electron chi connectivity index (χ3n) is 13.9. The Labute approximate surface area is 369 Å². The molecule has 1 aliphatic carbocycles. The van der Waals surface area contributed by atoms with Gasteiger partial charge in [0.1, 0.15) is 23.7 Å². The molecule has 2 saturated heterocycles. The van der Waals surface area contributed by atoms with Crippen LogP contribution in [0, 0.1) is 35.5 Å². The third kappa shape index (κ3) is 13.8. The highest BCUT2D eigenvalue weighted by atomic mass is 16.6. The number of amides is 1. The van der Waals surface area contributed by atoms with Gasteiger partial charge in [0.15, 0.2) is 0 Å². The van der Waals surface area contributed by atoms with Crippen LogP contribution in [0.4, 0.5) is 0 Å². The van der Waals surface area contributed by atoms with Gasteiger partial charge < -0.3 is 39.5 Å². The summed E-state index contributed by atoms with van der Waals surface area (Å²) in [4.78, 5) is 70.8. The molecule has 0 aromatic rings. The van der Waals surface area contributed by atoms with Gasteiger partial charge in [-0.2, -0.15) is 0 Å². The van der Waals surface area contributed by atoms with E-state index in [2.05, 4.69) is 0 Å². The summed E-state index contributed by atoms with van der Waals surface area (Å²) < 4.78 is 17.8. The number of carbonyl (C=O) groups is 5. The molecule has 3 aliphatic heterocycles. The van der Waals surface area contributed by atoms with Crippen molar-refractivity contribution in [2.45, 2.75) is 180 Å². The standard InChI is InChI=1S/C49H75NO12/c1-29-14-10-9-11-15-30(2)40(52)26-37-19-17-35(7)49(59,62-37)46(56)47(57)50-21-13-12-16-38(50)48(58)61-44(34(6)24-36-18-20-39(51)45(25-36)60-8)28-43(55)33(5)23-32(4)42(54)27-41(53)31(3)22-29/h9-11,14-15,23,29,31,33-40,42,44-45,51-52,54,59H,12-13,16-22,24-28H2,1-8H3/b11-9+,14-10+,30-15+,32-23+/t29-,31-,33-,34-,35-,36?,37?,38?,39-,40+,42+,44+,45-,49-/m1/s1. The summed E-state index contributed by atoms with van der Waals surface area (Å²) in [5, 5.41) is 44.4. The van der Waals surface area contributed by atoms with Crippen molar-refractivity contribution in [3.8, 4) is 0 Å². The molecule has 0 radical (unpaired) electrons. The van der Waals surface area contributed by atoms with E-state index >= 15 is 0 Å². The lowest BCUT2D eigenvalue weighted by Crippen LogP contribution is -2.61. The molecular weight excluding hydrogens is 795 g/mol. The van der Waals surface area contributed by atoms with Crippen LogP contribution in [0.15, 0.2) is 47.6 Å². The van der Waals surface area contributed by atoms with Crippen LogP contribution < -0.4 is 0 Å². The number of nitrogens with zero attached hydrogens (tertiary/aromatic N) is 1. The van der Waals surface area contributed by atoms with Gasteiger partial charge in [0.2, 0.25) is 5.79 Å². The van der Waals surface area contributed by atoms with Gasteiger partial charge in [0.25, 0.3) is 11.7 Å². The predicted molar refractivity (Wildman–Crippen MR) is 234 cm³/mol. The summed E-state index contributed by atoms with van der Waals surface area (Å²) in [6.45, 7) is 12.6. The maximum atomic E-state index is 14.3. The van der Waals surface area contributed by atoms with Crippen LogP contribution in [0.1, 0.15) is 132 Å². The second-order valence-corrected chi connectivity index (χ2v) is 19.1. The van der Waals surface area contributed by atoms with Crippen molar-refractivity contribution in [2.75, 3.05) is 13.7 Å². The van der Waals surface area contributed by atoms with Crippen molar-refractivity contribution in [3.63, 3.8) is 0 Å². The fraction of sp³-hybridized carbons (Fsp3) is 0.735. The maximum absolute atomic E-state index is 14.3. The Balaban J connectivity index is 1.66. The minimum absolute atomic E-state index is 0.0622. The molecular formula is C49H75NO12. The number of aliphatic hydroxyl groups excluding tert-OH is 3. The highest BCUT2D eigenvalue weighted by molar-refractivity contribution is 6.39. The number of methoxy groups -OCH3 is 1. The molecule has 4 rings (SSSR count). The first-order valence-corrected chi connectivity index (χ1v) is 23.0. The summed E-state index contributed by atoms with van der Waals surface area (Å²) >= 11 is 0. The monoisotopic (exact) mass is 870 g/mol. The third-order valence-corrected chi connectivity index (χ3v) is 13.9. The number of hydrogen-bond donors (Lipinski definition) is 4. The smallest absolute Gasteiger partial charge is 0.329 e. The number of fused-ring (bicyclic) bond motifs is 3. The molecule has 2 bridgehead atoms. The quantitative estimate of drug-likeness (QED) is 0.149. The van der Waals surface area contributed by atoms with Crippen LogP contribution in [0.3, 0.4) is 0 Å². The summed E-state index contributed by atoms with van der Waals surface area (Å²) in [5.41, 5.74) is 1.12. The topological polar surface area (TPSA) is 197 Å². The van der Waals surface area contributed by atoms with E-state index in [1.807, 2.05) is 39.0 Å². The van der Waals surface area contributed by atoms with E-state index in [9.17, 15) is 44.4 Å². The first-order chi connectivity index (χ1) is 29.2. The van der Waals surface area contributed by atoms with Gasteiger partial charge in [-0.25, -0.2) is 4.79 Å². The number of cyclic esters (lactones) is 1. The first-order valence-electron chi connectivity index (χ1n) is 23.0. The van der Waals surface area contributed by atoms with Gasteiger partial charge in [-0.1, -0.05) is 71.1 Å². The molecule has 1 saturated carbocycles. The SMILES string of the molecule is CO[C@@H]1CC(C[C@@H](C)[C@@H]2CC(=O)[C@H](C)/C=C(\C)[C@@H](O)CC(=O)[C@H](C)C[C@H](C)/C=C/C=C/C=C(\C)[C@@H](O)CC3CC[C@@H](C)[C@@](O)(O3)C(=O)C(=O)N3CCCCC3C(=O)O2)CC[C@H]1O. The molecule has 3 heterocycles. The van der Waals surface area contributed by atoms with Crippen molar-refractivity contribution in [2.24, 2.45) is 35.5 Å². The van der Waals surface area contributed by atoms with Crippen molar-refractivity contribution >= 4 is 29.2 Å². The number of carbonyl (C=O) groups excluding carboxylic acids is 5. The highest BCUT2D eigenvalue weighted by Crippen LogP contribution is 2.37. The van der Waals surface area contributed by atoms with Crippen molar-refractivity contribution in [3.05, 3.63) is 47.6 Å². The highest BCUT2D eigenvalue weighted by Gasteiger charge is 2.53. The van der Waals surface area contributed by atoms with Crippen LogP contribution in [-0.2, 0) is 38.2 Å². The minimum atomic E-state index is -2.47. The zero-order valence-electron chi connectivity index (χ0n) is 38.4. The maximum Gasteiger partial charge on any atom is 0.329 e. The Hall–Kier alpha value is -3.33. The van der Waals surface area contributed by atoms with Gasteiger partial charge in [-0.3, -0.25) is 19.2 Å². The second-order valence-electron chi connectivity index (χ2n) is 19.1. The van der Waals surface area contributed by atoms with E-state index in [1.165, 1.54) is 4.90 Å². The van der Waals surface area contributed by atoms with E-state index in [0.29, 0.717) is 62.5 Å². The number of esters is 1. The normalized spacial score (nSPS) is 40.6. The van der Waals surface area contributed by atoms with E-state index < -0.39 is 71.8 Å². The number of allylic oxidation sites excluding steroid dienone is 6. The molecule has 4 N–H and O–H groups in total. The van der Waals surface area contributed by atoms with Crippen molar-refractivity contribution < 1.29 is 58.6 Å². The van der Waals surface area contributed by atoms with E-state index in [4.69, 9.17) is 14.2 Å². The lowest BCUT2D eigenvalue weighted by Gasteiger charge is -2.42. The van der Waals surface area contributed by atoms with Gasteiger partial charge in [0.05, 0.1) is 30.5 Å². The Kier molecular flexibility index (Phi) is 19.5. The van der Waals surface area contributed by atoms with Crippen LogP contribution in [0.2, 0.25) is 0 Å². The zero-order valence-corrected chi connectivity index (χ0v) is 38.4. The van der Waals surface area contributed by atoms with E-state index in [1.54, 1.807) is 53.0 Å². The fourth-order valence-electron chi connectivity index (χ4n) is 9.51. The molecule has 0 aromatic heterocycles. The Bertz CT molecular complexity index is 1690. The number of hydrogen-bond acceptors (Lipinski definition) is 12. The summed E-state index contributed by atoms with van der Waals surface area (Å²) in [7, 11) is 1.56. The lowest BCUT2D eigenvalue weighted by molar-refractivity contribution is -0.265. The molecule has 3 fully saturated rings. The number of ether oxygens (including phenoxy) is 3. The Morgan fingerprint density at radius 3 is 2.27 bits per heavy atom. The Morgan fingerprint density at radius 2 is 1.56 bits per heavy atom. The van der Waals surface area contributed by atoms with Crippen LogP contribution in [-0.4, -0.2) is 117 Å². The first kappa shape index (κ1) is 51.3. The predicted octanol–water partition coefficient (Wildman–Crippen LogP) is 5.90. The summed E-state index contributed by atoms with van der Waals surface area (Å²) in [6.07, 6.45) is 11.3. The van der Waals surface area contributed by atoms with Crippen molar-refractivity contribution in [1.82, 2.24) is 4.90 Å². The second kappa shape index (κ2) is 23.6. The van der Waals surface area contributed by atoms with E-state index in [0.717, 1.165) is 6.42 Å². The lowest BCUT2D eigenvalue weighted by atomic mass is 9.78. The number of ketones is 3. The number of piperidine rings is 1. The van der Waals surface area contributed by atoms with Crippen LogP contribution in [0.5, 0.6) is 0 Å². The largest absolute Gasteiger partial charge is 0.460 e. The van der Waals surface area contributed by atoms with E-state index in [-0.39, 0.29) is 73.6 Å². The molecule has 62 heavy (non-hydrogen) atoms. The molecule has 4 aliphatic rings. The molecule has 3 unspecified atom stereocenters. The van der Waals surface area contributed by atoms with Gasteiger partial charge in [0, 0.05) is 50.7 Å². The molecule has 0 aromatic carbocycles. The average Bonchev–Trinajstić information content (AvgIpc) is 3.23. The fourth-order valence-corrected chi connectivity index (χ4v) is 9.51. The molecule has 13 heteroatoms. The van der Waals surface area contributed by atoms with Crippen molar-refractivity contribution in [1.29, 1.82) is 0 Å². The van der Waals surface area contributed by atoms with Gasteiger partial charge >= 0.3 is 5.97 Å². The summed E-state index contributed by atoms with van der Waals surface area (Å²) in [5.74, 6) is -7.65. The van der Waals surface area contributed by atoms with Crippen LogP contribution >= 0.6 is 0 Å². The van der Waals surface area contributed by atoms with Gasteiger partial charge in [-0.05, 0) is 107 Å².